The molecule has 25 heavy (non-hydrogen) atoms. The Morgan fingerprint density at radius 1 is 1.24 bits per heavy atom. The summed E-state index contributed by atoms with van der Waals surface area (Å²) in [5, 5.41) is 1.09. The van der Waals surface area contributed by atoms with Crippen LogP contribution in [-0.2, 0) is 22.5 Å². The van der Waals surface area contributed by atoms with Crippen molar-refractivity contribution in [3.8, 4) is 0 Å². The van der Waals surface area contributed by atoms with Crippen LogP contribution in [0, 0.1) is 5.41 Å². The Kier molecular flexibility index (Phi) is 3.94. The lowest BCUT2D eigenvalue weighted by Crippen LogP contribution is -2.43. The Morgan fingerprint density at radius 3 is 2.72 bits per heavy atom. The molecule has 1 aliphatic rings. The third-order valence-electron chi connectivity index (χ3n) is 5.35. The van der Waals surface area contributed by atoms with Gasteiger partial charge < -0.3 is 9.30 Å². The number of imidazole rings is 1. The number of aromatic nitrogens is 3. The van der Waals surface area contributed by atoms with Crippen LogP contribution < -0.4 is 0 Å². The fraction of sp³-hybridized carbons (Fsp3) is 0.450. The summed E-state index contributed by atoms with van der Waals surface area (Å²) in [6.07, 6.45) is 5.51. The SMILES string of the molecule is CCOC(=O)C1(Cn2c(CC)nc3cnc4ccccc4c32)CCC1. The van der Waals surface area contributed by atoms with E-state index in [9.17, 15) is 4.79 Å². The second-order valence-electron chi connectivity index (χ2n) is 6.83. The molecule has 130 valence electrons. The summed E-state index contributed by atoms with van der Waals surface area (Å²) in [5.41, 5.74) is 2.53. The normalized spacial score (nSPS) is 16.1. The van der Waals surface area contributed by atoms with Crippen LogP contribution in [0.25, 0.3) is 21.9 Å². The average Bonchev–Trinajstić information content (AvgIpc) is 2.96. The number of ether oxygens (including phenoxy) is 1. The summed E-state index contributed by atoms with van der Waals surface area (Å²) in [7, 11) is 0. The van der Waals surface area contributed by atoms with Crippen LogP contribution in [0.3, 0.4) is 0 Å². The first-order valence-electron chi connectivity index (χ1n) is 9.08. The molecular weight excluding hydrogens is 314 g/mol. The maximum absolute atomic E-state index is 12.6. The second kappa shape index (κ2) is 6.14. The third-order valence-corrected chi connectivity index (χ3v) is 5.35. The van der Waals surface area contributed by atoms with Crippen molar-refractivity contribution in [1.29, 1.82) is 0 Å². The van der Waals surface area contributed by atoms with Crippen molar-refractivity contribution in [3.05, 3.63) is 36.3 Å². The minimum atomic E-state index is -0.405. The highest BCUT2D eigenvalue weighted by molar-refractivity contribution is 6.02. The molecule has 0 spiro atoms. The van der Waals surface area contributed by atoms with Crippen LogP contribution in [-0.4, -0.2) is 27.1 Å². The van der Waals surface area contributed by atoms with Crippen LogP contribution in [0.4, 0.5) is 0 Å². The standard InChI is InChI=1S/C20H23N3O2/c1-3-17-22-16-12-21-15-9-6-5-8-14(15)18(16)23(17)13-20(10-7-11-20)19(24)25-4-2/h5-6,8-9,12H,3-4,7,10-11,13H2,1-2H3. The molecule has 1 aliphatic carbocycles. The number of carbonyl (C=O) groups excluding carboxylic acids is 1. The van der Waals surface area contributed by atoms with Crippen LogP contribution in [0.15, 0.2) is 30.5 Å². The molecule has 0 radical (unpaired) electrons. The number of hydrogen-bond donors (Lipinski definition) is 0. The molecule has 2 heterocycles. The fourth-order valence-corrected chi connectivity index (χ4v) is 3.87. The highest BCUT2D eigenvalue weighted by Gasteiger charge is 2.46. The van der Waals surface area contributed by atoms with E-state index in [-0.39, 0.29) is 5.97 Å². The number of nitrogens with zero attached hydrogens (tertiary/aromatic N) is 3. The first-order valence-corrected chi connectivity index (χ1v) is 9.08. The highest BCUT2D eigenvalue weighted by Crippen LogP contribution is 2.44. The lowest BCUT2D eigenvalue weighted by atomic mass is 9.68. The number of pyridine rings is 1. The lowest BCUT2D eigenvalue weighted by Gasteiger charge is -2.39. The van der Waals surface area contributed by atoms with E-state index in [1.165, 1.54) is 0 Å². The van der Waals surface area contributed by atoms with E-state index in [0.717, 1.165) is 53.4 Å². The zero-order chi connectivity index (χ0) is 17.4. The van der Waals surface area contributed by atoms with Crippen molar-refractivity contribution >= 4 is 27.9 Å². The number of aryl methyl sites for hydroxylation is 1. The largest absolute Gasteiger partial charge is 0.466 e. The van der Waals surface area contributed by atoms with Crippen molar-refractivity contribution in [3.63, 3.8) is 0 Å². The van der Waals surface area contributed by atoms with Gasteiger partial charge in [0.2, 0.25) is 0 Å². The van der Waals surface area contributed by atoms with Crippen LogP contribution in [0.2, 0.25) is 0 Å². The fourth-order valence-electron chi connectivity index (χ4n) is 3.87. The molecule has 0 bridgehead atoms. The van der Waals surface area contributed by atoms with E-state index in [1.54, 1.807) is 0 Å². The summed E-state index contributed by atoms with van der Waals surface area (Å²) in [6, 6.07) is 8.12. The summed E-state index contributed by atoms with van der Waals surface area (Å²) >= 11 is 0. The van der Waals surface area contributed by atoms with E-state index in [4.69, 9.17) is 9.72 Å². The third kappa shape index (κ3) is 2.49. The number of fused-ring (bicyclic) bond motifs is 3. The molecule has 0 atom stereocenters. The minimum Gasteiger partial charge on any atom is -0.466 e. The van der Waals surface area contributed by atoms with Crippen molar-refractivity contribution in [2.45, 2.75) is 46.1 Å². The molecule has 0 aliphatic heterocycles. The van der Waals surface area contributed by atoms with Crippen molar-refractivity contribution < 1.29 is 9.53 Å². The van der Waals surface area contributed by atoms with Crippen molar-refractivity contribution in [2.24, 2.45) is 5.41 Å². The van der Waals surface area contributed by atoms with Gasteiger partial charge in [0.05, 0.1) is 29.3 Å². The first kappa shape index (κ1) is 16.1. The molecule has 3 aromatic rings. The minimum absolute atomic E-state index is 0.0662. The molecule has 5 nitrogen and oxygen atoms in total. The van der Waals surface area contributed by atoms with E-state index < -0.39 is 5.41 Å². The van der Waals surface area contributed by atoms with E-state index >= 15 is 0 Å². The molecule has 1 aromatic carbocycles. The number of rotatable bonds is 5. The van der Waals surface area contributed by atoms with E-state index in [1.807, 2.05) is 31.3 Å². The van der Waals surface area contributed by atoms with Gasteiger partial charge in [-0.1, -0.05) is 31.5 Å². The molecular formula is C20H23N3O2. The topological polar surface area (TPSA) is 57.0 Å². The summed E-state index contributed by atoms with van der Waals surface area (Å²) in [5.74, 6) is 0.937. The first-order chi connectivity index (χ1) is 12.2. The number of carbonyl (C=O) groups is 1. The Labute approximate surface area is 147 Å². The molecule has 5 heteroatoms. The number of para-hydroxylation sites is 1. The smallest absolute Gasteiger partial charge is 0.313 e. The molecule has 1 fully saturated rings. The number of benzene rings is 1. The van der Waals surface area contributed by atoms with Crippen molar-refractivity contribution in [2.75, 3.05) is 6.61 Å². The van der Waals surface area contributed by atoms with Gasteiger partial charge in [0.15, 0.2) is 0 Å². The number of esters is 1. The van der Waals surface area contributed by atoms with Gasteiger partial charge in [0, 0.05) is 18.4 Å². The molecule has 4 rings (SSSR count). The maximum Gasteiger partial charge on any atom is 0.313 e. The molecule has 2 aromatic heterocycles. The zero-order valence-electron chi connectivity index (χ0n) is 14.8. The van der Waals surface area contributed by atoms with Gasteiger partial charge in [0.25, 0.3) is 0 Å². The second-order valence-corrected chi connectivity index (χ2v) is 6.83. The summed E-state index contributed by atoms with van der Waals surface area (Å²) in [6.45, 7) is 5.04. The quantitative estimate of drug-likeness (QED) is 0.663. The Balaban J connectivity index is 1.88. The van der Waals surface area contributed by atoms with Gasteiger partial charge in [-0.15, -0.1) is 0 Å². The van der Waals surface area contributed by atoms with Gasteiger partial charge in [-0.25, -0.2) is 4.98 Å². The van der Waals surface area contributed by atoms with Gasteiger partial charge in [-0.3, -0.25) is 9.78 Å². The summed E-state index contributed by atoms with van der Waals surface area (Å²) in [4.78, 5) is 21.9. The molecule has 0 amide bonds. The van der Waals surface area contributed by atoms with Gasteiger partial charge in [-0.05, 0) is 25.8 Å². The lowest BCUT2D eigenvalue weighted by molar-refractivity contribution is -0.162. The van der Waals surface area contributed by atoms with E-state index in [2.05, 4.69) is 22.5 Å². The van der Waals surface area contributed by atoms with E-state index in [0.29, 0.717) is 13.2 Å². The Morgan fingerprint density at radius 2 is 2.04 bits per heavy atom. The number of hydrogen-bond acceptors (Lipinski definition) is 4. The van der Waals surface area contributed by atoms with Gasteiger partial charge in [-0.2, -0.15) is 0 Å². The predicted octanol–water partition coefficient (Wildman–Crippen LogP) is 3.88. The average molecular weight is 337 g/mol. The highest BCUT2D eigenvalue weighted by atomic mass is 16.5. The molecule has 0 unspecified atom stereocenters. The molecule has 1 saturated carbocycles. The Bertz CT molecular complexity index is 941. The molecule has 0 N–H and O–H groups in total. The monoisotopic (exact) mass is 337 g/mol. The Hall–Kier alpha value is -2.43. The van der Waals surface area contributed by atoms with Crippen LogP contribution in [0.1, 0.15) is 38.9 Å². The molecule has 0 saturated heterocycles. The summed E-state index contributed by atoms with van der Waals surface area (Å²) < 4.78 is 7.62. The van der Waals surface area contributed by atoms with Crippen LogP contribution >= 0.6 is 0 Å². The van der Waals surface area contributed by atoms with Gasteiger partial charge in [0.1, 0.15) is 11.3 Å². The van der Waals surface area contributed by atoms with Crippen molar-refractivity contribution in [1.82, 2.24) is 14.5 Å². The maximum atomic E-state index is 12.6. The van der Waals surface area contributed by atoms with Crippen LogP contribution in [0.5, 0.6) is 0 Å². The predicted molar refractivity (Wildman–Crippen MR) is 97.3 cm³/mol. The van der Waals surface area contributed by atoms with Gasteiger partial charge >= 0.3 is 5.97 Å². The zero-order valence-corrected chi connectivity index (χ0v) is 14.8.